The van der Waals surface area contributed by atoms with Crippen LogP contribution in [0.4, 0.5) is 0 Å². The van der Waals surface area contributed by atoms with Gasteiger partial charge in [0, 0.05) is 19.6 Å². The van der Waals surface area contributed by atoms with E-state index >= 15 is 0 Å². The van der Waals surface area contributed by atoms with Gasteiger partial charge in [-0.15, -0.1) is 10.2 Å². The third kappa shape index (κ3) is 6.21. The molecule has 1 aliphatic carbocycles. The number of nitrogens with zero attached hydrogens (tertiary/aromatic N) is 4. The van der Waals surface area contributed by atoms with E-state index in [1.807, 2.05) is 30.7 Å². The lowest BCUT2D eigenvalue weighted by atomic mass is 9.87. The van der Waals surface area contributed by atoms with Gasteiger partial charge in [-0.1, -0.05) is 31.9 Å². The Morgan fingerprint density at radius 3 is 2.69 bits per heavy atom. The van der Waals surface area contributed by atoms with E-state index < -0.39 is 0 Å². The second-order valence-electron chi connectivity index (χ2n) is 8.03. The molecule has 158 valence electrons. The average Bonchev–Trinajstić information content (AvgIpc) is 3.04. The van der Waals surface area contributed by atoms with Gasteiger partial charge in [0.15, 0.2) is 11.8 Å². The number of ether oxygens (including phenoxy) is 1. The molecule has 2 aromatic rings. The van der Waals surface area contributed by atoms with Gasteiger partial charge in [0.25, 0.3) is 0 Å². The van der Waals surface area contributed by atoms with Crippen LogP contribution in [0, 0.1) is 12.8 Å². The fourth-order valence-electron chi connectivity index (χ4n) is 3.77. The molecule has 2 unspecified atom stereocenters. The summed E-state index contributed by atoms with van der Waals surface area (Å²) in [7, 11) is 3.67. The molecular weight excluding hydrogens is 364 g/mol. The summed E-state index contributed by atoms with van der Waals surface area (Å²) in [4.78, 5) is 4.80. The lowest BCUT2D eigenvalue weighted by Gasteiger charge is -2.29. The molecule has 2 N–H and O–H groups in total. The van der Waals surface area contributed by atoms with Crippen LogP contribution in [0.25, 0.3) is 0 Å². The van der Waals surface area contributed by atoms with Gasteiger partial charge in [-0.2, -0.15) is 0 Å². The van der Waals surface area contributed by atoms with Gasteiger partial charge in [-0.05, 0) is 49.8 Å². The second-order valence-corrected chi connectivity index (χ2v) is 8.03. The molecule has 1 fully saturated rings. The molecular formula is C22H34N6O. The summed E-state index contributed by atoms with van der Waals surface area (Å²) in [5, 5.41) is 15.5. The molecule has 0 aliphatic heterocycles. The van der Waals surface area contributed by atoms with Crippen LogP contribution in [0.15, 0.2) is 29.3 Å². The van der Waals surface area contributed by atoms with E-state index in [1.54, 1.807) is 7.11 Å². The van der Waals surface area contributed by atoms with Crippen molar-refractivity contribution in [2.75, 3.05) is 13.7 Å². The maximum Gasteiger partial charge on any atom is 0.191 e. The van der Waals surface area contributed by atoms with Gasteiger partial charge in [-0.3, -0.25) is 0 Å². The number of aryl methyl sites for hydroxylation is 1. The maximum absolute atomic E-state index is 5.23. The molecule has 0 bridgehead atoms. The average molecular weight is 399 g/mol. The number of nitrogens with one attached hydrogen (secondary N) is 2. The molecule has 0 radical (unpaired) electrons. The van der Waals surface area contributed by atoms with Crippen LogP contribution in [0.1, 0.15) is 49.8 Å². The second kappa shape index (κ2) is 10.3. The smallest absolute Gasteiger partial charge is 0.191 e. The van der Waals surface area contributed by atoms with Crippen molar-refractivity contribution in [3.63, 3.8) is 0 Å². The normalized spacial score (nSPS) is 19.8. The van der Waals surface area contributed by atoms with Crippen LogP contribution < -0.4 is 15.4 Å². The zero-order chi connectivity index (χ0) is 20.6. The minimum absolute atomic E-state index is 0.479. The van der Waals surface area contributed by atoms with Crippen LogP contribution in [0.3, 0.4) is 0 Å². The Kier molecular flexibility index (Phi) is 7.49. The quantitative estimate of drug-likeness (QED) is 0.554. The highest BCUT2D eigenvalue weighted by Crippen LogP contribution is 2.23. The SMILES string of the molecule is COc1ccc(CCNC(=NCc2nnc(C)n2C)NC2CCCC(C)C2)cc1. The van der Waals surface area contributed by atoms with E-state index in [0.717, 1.165) is 42.2 Å². The Morgan fingerprint density at radius 2 is 2.03 bits per heavy atom. The molecule has 3 rings (SSSR count). The number of guanidine groups is 1. The molecule has 1 aromatic heterocycles. The van der Waals surface area contributed by atoms with Crippen LogP contribution in [-0.4, -0.2) is 40.4 Å². The first-order chi connectivity index (χ1) is 14.0. The number of benzene rings is 1. The van der Waals surface area contributed by atoms with Crippen LogP contribution >= 0.6 is 0 Å². The molecule has 1 saturated carbocycles. The van der Waals surface area contributed by atoms with Crippen molar-refractivity contribution in [1.82, 2.24) is 25.4 Å². The molecule has 0 spiro atoms. The maximum atomic E-state index is 5.23. The van der Waals surface area contributed by atoms with E-state index in [9.17, 15) is 0 Å². The fraction of sp³-hybridized carbons (Fsp3) is 0.591. The predicted octanol–water partition coefficient (Wildman–Crippen LogP) is 2.99. The van der Waals surface area contributed by atoms with E-state index in [-0.39, 0.29) is 0 Å². The highest BCUT2D eigenvalue weighted by atomic mass is 16.5. The Morgan fingerprint density at radius 1 is 1.24 bits per heavy atom. The molecule has 7 nitrogen and oxygen atoms in total. The zero-order valence-corrected chi connectivity index (χ0v) is 18.1. The van der Waals surface area contributed by atoms with Gasteiger partial charge in [0.1, 0.15) is 18.1 Å². The Labute approximate surface area is 174 Å². The first kappa shape index (κ1) is 21.1. The summed E-state index contributed by atoms with van der Waals surface area (Å²) < 4.78 is 7.22. The van der Waals surface area contributed by atoms with Crippen molar-refractivity contribution in [2.45, 2.75) is 58.5 Å². The van der Waals surface area contributed by atoms with E-state index in [2.05, 4.69) is 39.9 Å². The van der Waals surface area contributed by atoms with Crippen LogP contribution in [0.2, 0.25) is 0 Å². The minimum atomic E-state index is 0.479. The lowest BCUT2D eigenvalue weighted by molar-refractivity contribution is 0.324. The number of hydrogen-bond donors (Lipinski definition) is 2. The largest absolute Gasteiger partial charge is 0.497 e. The first-order valence-corrected chi connectivity index (χ1v) is 10.6. The van der Waals surface area contributed by atoms with Crippen molar-refractivity contribution in [2.24, 2.45) is 18.0 Å². The van der Waals surface area contributed by atoms with Gasteiger partial charge < -0.3 is 19.9 Å². The molecule has 7 heteroatoms. The number of aliphatic imine (C=N–C) groups is 1. The van der Waals surface area contributed by atoms with Gasteiger partial charge in [0.05, 0.1) is 7.11 Å². The summed E-state index contributed by atoms with van der Waals surface area (Å²) in [6, 6.07) is 8.70. The third-order valence-corrected chi connectivity index (χ3v) is 5.70. The topological polar surface area (TPSA) is 76.4 Å². The van der Waals surface area contributed by atoms with Crippen molar-refractivity contribution in [3.05, 3.63) is 41.5 Å². The van der Waals surface area contributed by atoms with Crippen molar-refractivity contribution in [1.29, 1.82) is 0 Å². The number of methoxy groups -OCH3 is 1. The Bertz CT molecular complexity index is 798. The Balaban J connectivity index is 1.60. The van der Waals surface area contributed by atoms with E-state index in [4.69, 9.17) is 9.73 Å². The third-order valence-electron chi connectivity index (χ3n) is 5.70. The summed E-state index contributed by atoms with van der Waals surface area (Å²) in [6.07, 6.45) is 5.93. The fourth-order valence-corrected chi connectivity index (χ4v) is 3.77. The standard InChI is InChI=1S/C22H34N6O/c1-16-6-5-7-19(14-16)25-22(24-15-21-27-26-17(2)28(21)3)23-13-12-18-8-10-20(29-4)11-9-18/h8-11,16,19H,5-7,12-15H2,1-4H3,(H2,23,24,25). The highest BCUT2D eigenvalue weighted by Gasteiger charge is 2.19. The molecule has 0 saturated heterocycles. The van der Waals surface area contributed by atoms with Gasteiger partial charge in [-0.25, -0.2) is 4.99 Å². The number of aromatic nitrogens is 3. The first-order valence-electron chi connectivity index (χ1n) is 10.6. The zero-order valence-electron chi connectivity index (χ0n) is 18.1. The minimum Gasteiger partial charge on any atom is -0.497 e. The van der Waals surface area contributed by atoms with Crippen LogP contribution in [-0.2, 0) is 20.0 Å². The van der Waals surface area contributed by atoms with E-state index in [1.165, 1.54) is 31.2 Å². The molecule has 0 amide bonds. The molecule has 1 aromatic carbocycles. The lowest BCUT2D eigenvalue weighted by Crippen LogP contribution is -2.45. The summed E-state index contributed by atoms with van der Waals surface area (Å²) in [5.41, 5.74) is 1.27. The van der Waals surface area contributed by atoms with E-state index in [0.29, 0.717) is 12.6 Å². The van der Waals surface area contributed by atoms with Gasteiger partial charge in [0.2, 0.25) is 0 Å². The van der Waals surface area contributed by atoms with Crippen LogP contribution in [0.5, 0.6) is 5.75 Å². The molecule has 1 heterocycles. The monoisotopic (exact) mass is 398 g/mol. The molecule has 1 aliphatic rings. The summed E-state index contributed by atoms with van der Waals surface area (Å²) >= 11 is 0. The molecule has 29 heavy (non-hydrogen) atoms. The molecule has 2 atom stereocenters. The van der Waals surface area contributed by atoms with Gasteiger partial charge >= 0.3 is 0 Å². The Hall–Kier alpha value is -2.57. The number of rotatable bonds is 7. The van der Waals surface area contributed by atoms with Crippen molar-refractivity contribution >= 4 is 5.96 Å². The van der Waals surface area contributed by atoms with Crippen molar-refractivity contribution in [3.8, 4) is 5.75 Å². The summed E-state index contributed by atoms with van der Waals surface area (Å²) in [6.45, 7) is 5.62. The van der Waals surface area contributed by atoms with Crippen molar-refractivity contribution < 1.29 is 4.74 Å². The summed E-state index contributed by atoms with van der Waals surface area (Å²) in [5.74, 6) is 4.28. The highest BCUT2D eigenvalue weighted by molar-refractivity contribution is 5.80. The number of hydrogen-bond acceptors (Lipinski definition) is 4. The predicted molar refractivity (Wildman–Crippen MR) is 116 cm³/mol.